The Morgan fingerprint density at radius 2 is 2.00 bits per heavy atom. The smallest absolute Gasteiger partial charge is 0.331 e. The number of benzene rings is 1. The average molecular weight is 331 g/mol. The lowest BCUT2D eigenvalue weighted by molar-refractivity contribution is -0.139. The van der Waals surface area contributed by atoms with Crippen molar-refractivity contribution in [2.45, 2.75) is 25.9 Å². The fraction of sp³-hybridized carbons (Fsp3) is 0.429. The molecule has 2 atom stereocenters. The van der Waals surface area contributed by atoms with Crippen molar-refractivity contribution in [3.63, 3.8) is 0 Å². The Morgan fingerprint density at radius 1 is 1.33 bits per heavy atom. The van der Waals surface area contributed by atoms with Crippen LogP contribution in [-0.4, -0.2) is 34.7 Å². The van der Waals surface area contributed by atoms with E-state index in [9.17, 15) is 14.7 Å². The molecule has 3 N–H and O–H groups in total. The maximum atomic E-state index is 11.9. The number of rotatable bonds is 7. The summed E-state index contributed by atoms with van der Waals surface area (Å²) in [5.74, 6) is 0.576. The van der Waals surface area contributed by atoms with E-state index in [4.69, 9.17) is 11.6 Å². The normalized spacial score (nSPS) is 13.3. The van der Waals surface area contributed by atoms with Crippen molar-refractivity contribution in [1.29, 1.82) is 0 Å². The third kappa shape index (κ3) is 5.85. The molecule has 0 aliphatic carbocycles. The minimum Gasteiger partial charge on any atom is -0.479 e. The summed E-state index contributed by atoms with van der Waals surface area (Å²) in [5, 5.41) is 14.7. The van der Waals surface area contributed by atoms with Crippen LogP contribution in [0.1, 0.15) is 25.5 Å². The van der Waals surface area contributed by atoms with Gasteiger partial charge in [-0.3, -0.25) is 0 Å². The van der Waals surface area contributed by atoms with E-state index in [1.54, 1.807) is 36.0 Å². The quantitative estimate of drug-likeness (QED) is 0.718. The van der Waals surface area contributed by atoms with Gasteiger partial charge in [-0.25, -0.2) is 9.59 Å². The number of nitrogens with one attached hydrogen (secondary N) is 2. The van der Waals surface area contributed by atoms with E-state index in [0.29, 0.717) is 10.6 Å². The van der Waals surface area contributed by atoms with Crippen molar-refractivity contribution in [3.05, 3.63) is 34.9 Å². The largest absolute Gasteiger partial charge is 0.479 e. The van der Waals surface area contributed by atoms with Gasteiger partial charge in [-0.15, -0.1) is 0 Å². The van der Waals surface area contributed by atoms with Crippen molar-refractivity contribution in [2.24, 2.45) is 0 Å². The molecule has 1 aromatic carbocycles. The molecule has 0 aliphatic heterocycles. The molecule has 1 aromatic rings. The van der Waals surface area contributed by atoms with Gasteiger partial charge in [-0.05, 0) is 18.7 Å². The molecule has 5 nitrogen and oxygen atoms in total. The summed E-state index contributed by atoms with van der Waals surface area (Å²) in [6.07, 6.45) is 0. The number of carbonyl (C=O) groups is 2. The number of carbonyl (C=O) groups excluding carboxylic acids is 1. The van der Waals surface area contributed by atoms with E-state index in [1.165, 1.54) is 0 Å². The fourth-order valence-corrected chi connectivity index (χ4v) is 2.63. The van der Waals surface area contributed by atoms with Crippen LogP contribution in [0, 0.1) is 0 Å². The van der Waals surface area contributed by atoms with Crippen LogP contribution in [0.2, 0.25) is 5.02 Å². The van der Waals surface area contributed by atoms with Crippen LogP contribution >= 0.6 is 23.4 Å². The van der Waals surface area contributed by atoms with Crippen molar-refractivity contribution in [1.82, 2.24) is 10.6 Å². The molecule has 0 heterocycles. The van der Waals surface area contributed by atoms with Crippen molar-refractivity contribution < 1.29 is 14.7 Å². The maximum Gasteiger partial charge on any atom is 0.331 e. The Morgan fingerprint density at radius 3 is 2.57 bits per heavy atom. The third-order valence-corrected chi connectivity index (χ3v) is 4.18. The number of amides is 2. The molecule has 0 aliphatic rings. The number of thioether (sulfide) groups is 1. The van der Waals surface area contributed by atoms with Crippen LogP contribution in [0.4, 0.5) is 4.79 Å². The van der Waals surface area contributed by atoms with E-state index >= 15 is 0 Å². The molecule has 2 amide bonds. The van der Waals surface area contributed by atoms with Gasteiger partial charge in [0, 0.05) is 22.4 Å². The van der Waals surface area contributed by atoms with Crippen LogP contribution in [0.15, 0.2) is 24.3 Å². The molecule has 0 fully saturated rings. The second kappa shape index (κ2) is 8.79. The van der Waals surface area contributed by atoms with Gasteiger partial charge in [0.05, 0.1) is 0 Å². The molecule has 0 bridgehead atoms. The Labute approximate surface area is 133 Å². The molecule has 116 valence electrons. The van der Waals surface area contributed by atoms with E-state index in [2.05, 4.69) is 10.6 Å². The predicted molar refractivity (Wildman–Crippen MR) is 86.0 cm³/mol. The summed E-state index contributed by atoms with van der Waals surface area (Å²) in [6.45, 7) is 3.91. The number of urea groups is 1. The summed E-state index contributed by atoms with van der Waals surface area (Å²) in [4.78, 5) is 23.2. The topological polar surface area (TPSA) is 78.4 Å². The summed E-state index contributed by atoms with van der Waals surface area (Å²) < 4.78 is 0. The zero-order valence-corrected chi connectivity index (χ0v) is 13.5. The van der Waals surface area contributed by atoms with Crippen LogP contribution in [0.5, 0.6) is 0 Å². The SMILES string of the molecule is CCSCC(C)NC(=O)N[C@@H](C(=O)O)c1ccccc1Cl. The first-order valence-electron chi connectivity index (χ1n) is 6.57. The molecular weight excluding hydrogens is 312 g/mol. The summed E-state index contributed by atoms with van der Waals surface area (Å²) >= 11 is 7.68. The van der Waals surface area contributed by atoms with Crippen molar-refractivity contribution in [3.8, 4) is 0 Å². The minimum absolute atomic E-state index is 0.0457. The molecule has 1 rings (SSSR count). The van der Waals surface area contributed by atoms with Gasteiger partial charge in [-0.2, -0.15) is 11.8 Å². The number of carboxylic acid groups (broad SMARTS) is 1. The zero-order valence-electron chi connectivity index (χ0n) is 11.9. The summed E-state index contributed by atoms with van der Waals surface area (Å²) in [7, 11) is 0. The van der Waals surface area contributed by atoms with Gasteiger partial charge in [0.15, 0.2) is 6.04 Å². The minimum atomic E-state index is -1.18. The predicted octanol–water partition coefficient (Wildman–Crippen LogP) is 2.91. The lowest BCUT2D eigenvalue weighted by Crippen LogP contribution is -2.45. The first-order chi connectivity index (χ1) is 9.95. The maximum absolute atomic E-state index is 11.9. The van der Waals surface area contributed by atoms with Gasteiger partial charge < -0.3 is 15.7 Å². The Balaban J connectivity index is 2.70. The number of carboxylic acids is 1. The number of aliphatic carboxylic acids is 1. The Hall–Kier alpha value is -1.40. The molecular formula is C14H19ClN2O3S. The van der Waals surface area contributed by atoms with E-state index in [1.807, 2.05) is 13.8 Å². The molecule has 0 aromatic heterocycles. The molecule has 1 unspecified atom stereocenters. The van der Waals surface area contributed by atoms with Gasteiger partial charge in [-0.1, -0.05) is 36.7 Å². The van der Waals surface area contributed by atoms with Gasteiger partial charge in [0.25, 0.3) is 0 Å². The Kier molecular flexibility index (Phi) is 7.39. The van der Waals surface area contributed by atoms with Crippen LogP contribution in [-0.2, 0) is 4.79 Å². The molecule has 0 radical (unpaired) electrons. The van der Waals surface area contributed by atoms with Crippen LogP contribution < -0.4 is 10.6 Å². The molecule has 7 heteroatoms. The molecule has 21 heavy (non-hydrogen) atoms. The molecule has 0 saturated carbocycles. The van der Waals surface area contributed by atoms with Gasteiger partial charge in [0.2, 0.25) is 0 Å². The number of halogens is 1. The standard InChI is InChI=1S/C14H19ClN2O3S/c1-3-21-8-9(2)16-14(20)17-12(13(18)19)10-6-4-5-7-11(10)15/h4-7,9,12H,3,8H2,1-2H3,(H,18,19)(H2,16,17,20)/t9?,12-/m1/s1. The fourth-order valence-electron chi connectivity index (χ4n) is 1.71. The molecule has 0 spiro atoms. The average Bonchev–Trinajstić information content (AvgIpc) is 2.43. The number of hydrogen-bond donors (Lipinski definition) is 3. The summed E-state index contributed by atoms with van der Waals surface area (Å²) in [6, 6.07) is 4.81. The highest BCUT2D eigenvalue weighted by atomic mass is 35.5. The monoisotopic (exact) mass is 330 g/mol. The highest BCUT2D eigenvalue weighted by Crippen LogP contribution is 2.22. The molecule has 0 saturated heterocycles. The van der Waals surface area contributed by atoms with Gasteiger partial charge in [0.1, 0.15) is 0 Å². The first-order valence-corrected chi connectivity index (χ1v) is 8.11. The summed E-state index contributed by atoms with van der Waals surface area (Å²) in [5.41, 5.74) is 0.359. The first kappa shape index (κ1) is 17.7. The van der Waals surface area contributed by atoms with E-state index < -0.39 is 18.0 Å². The van der Waals surface area contributed by atoms with Crippen molar-refractivity contribution in [2.75, 3.05) is 11.5 Å². The van der Waals surface area contributed by atoms with Crippen molar-refractivity contribution >= 4 is 35.4 Å². The highest BCUT2D eigenvalue weighted by Gasteiger charge is 2.24. The second-order valence-electron chi connectivity index (χ2n) is 4.47. The number of hydrogen-bond acceptors (Lipinski definition) is 3. The van der Waals surface area contributed by atoms with Crippen LogP contribution in [0.25, 0.3) is 0 Å². The van der Waals surface area contributed by atoms with Crippen LogP contribution in [0.3, 0.4) is 0 Å². The highest BCUT2D eigenvalue weighted by molar-refractivity contribution is 7.99. The second-order valence-corrected chi connectivity index (χ2v) is 6.20. The van der Waals surface area contributed by atoms with E-state index in [-0.39, 0.29) is 6.04 Å². The van der Waals surface area contributed by atoms with Gasteiger partial charge >= 0.3 is 12.0 Å². The lowest BCUT2D eigenvalue weighted by Gasteiger charge is -2.19. The Bertz CT molecular complexity index is 499. The zero-order chi connectivity index (χ0) is 15.8. The van der Waals surface area contributed by atoms with E-state index in [0.717, 1.165) is 11.5 Å². The lowest BCUT2D eigenvalue weighted by atomic mass is 10.1. The third-order valence-electron chi connectivity index (χ3n) is 2.69.